The quantitative estimate of drug-likeness (QED) is 0.532. The summed E-state index contributed by atoms with van der Waals surface area (Å²) in [5.41, 5.74) is 9.32. The Morgan fingerprint density at radius 2 is 1.55 bits per heavy atom. The minimum Gasteiger partial charge on any atom is -0.401 e. The van der Waals surface area contributed by atoms with Crippen LogP contribution < -0.4 is 10.3 Å². The molecule has 0 saturated carbocycles. The normalized spacial score (nSPS) is 18.5. The molecule has 0 radical (unpaired) electrons. The van der Waals surface area contributed by atoms with Gasteiger partial charge < -0.3 is 19.7 Å². The zero-order chi connectivity index (χ0) is 22.8. The molecule has 0 unspecified atom stereocenters. The van der Waals surface area contributed by atoms with E-state index in [9.17, 15) is 4.57 Å². The molecule has 0 spiro atoms. The van der Waals surface area contributed by atoms with Gasteiger partial charge in [0.15, 0.2) is 0 Å². The Kier molecular flexibility index (Phi) is 6.56. The number of hydrogen-bond donors (Lipinski definition) is 1. The van der Waals surface area contributed by atoms with Crippen LogP contribution in [0.15, 0.2) is 48.5 Å². The number of hydrogen-bond acceptors (Lipinski definition) is 6. The van der Waals surface area contributed by atoms with E-state index in [1.165, 1.54) is 0 Å². The maximum absolute atomic E-state index is 14.5. The predicted molar refractivity (Wildman–Crippen MR) is 130 cm³/mol. The molecule has 2 fully saturated rings. The molecule has 2 N–H and O–H groups in total. The summed E-state index contributed by atoms with van der Waals surface area (Å²) in [6, 6.07) is 15.2. The van der Waals surface area contributed by atoms with Crippen molar-refractivity contribution in [2.24, 2.45) is 0 Å². The number of morpholine rings is 2. The van der Waals surface area contributed by atoms with Gasteiger partial charge in [0.05, 0.1) is 31.9 Å². The zero-order valence-corrected chi connectivity index (χ0v) is 19.8. The third kappa shape index (κ3) is 4.47. The first kappa shape index (κ1) is 22.6. The zero-order valence-electron chi connectivity index (χ0n) is 18.2. The van der Waals surface area contributed by atoms with Gasteiger partial charge in [-0.3, -0.25) is 0 Å². The highest BCUT2D eigenvalue weighted by atomic mass is 35.5. The van der Waals surface area contributed by atoms with Crippen molar-refractivity contribution in [2.45, 2.75) is 0 Å². The van der Waals surface area contributed by atoms with Crippen LogP contribution >= 0.6 is 19.3 Å². The average Bonchev–Trinajstić information content (AvgIpc) is 2.86. The van der Waals surface area contributed by atoms with Gasteiger partial charge in [-0.1, -0.05) is 41.9 Å². The summed E-state index contributed by atoms with van der Waals surface area (Å²) in [6.07, 6.45) is 0. The van der Waals surface area contributed by atoms with Gasteiger partial charge in [0.2, 0.25) is 5.88 Å². The first-order valence-corrected chi connectivity index (χ1v) is 12.9. The Labute approximate surface area is 197 Å². The van der Waals surface area contributed by atoms with Gasteiger partial charge in [-0.2, -0.15) is 0 Å². The minimum absolute atomic E-state index is 0.157. The molecule has 8 nitrogen and oxygen atoms in total. The standard InChI is InChI=1S/C23H26ClN4O4P/c24-18-6-7-20-19(16-18)21(17-4-2-1-3-5-17)22(25)23(26-20)32-33(29,27-8-12-30-13-9-27)28-10-14-31-15-11-28/h1-7,16H,8-15,25H2. The van der Waals surface area contributed by atoms with Crippen molar-refractivity contribution in [1.29, 1.82) is 0 Å². The summed E-state index contributed by atoms with van der Waals surface area (Å²) in [5, 5.41) is 1.40. The molecule has 0 atom stereocenters. The van der Waals surface area contributed by atoms with Crippen molar-refractivity contribution < 1.29 is 18.6 Å². The number of rotatable bonds is 5. The Morgan fingerprint density at radius 1 is 0.939 bits per heavy atom. The van der Waals surface area contributed by atoms with E-state index in [0.717, 1.165) is 16.5 Å². The number of benzene rings is 2. The summed E-state index contributed by atoms with van der Waals surface area (Å²) in [4.78, 5) is 4.68. The van der Waals surface area contributed by atoms with E-state index >= 15 is 0 Å². The third-order valence-corrected chi connectivity index (χ3v) is 8.78. The van der Waals surface area contributed by atoms with E-state index in [1.54, 1.807) is 6.07 Å². The molecule has 10 heteroatoms. The number of aromatic nitrogens is 1. The number of anilines is 1. The van der Waals surface area contributed by atoms with E-state index < -0.39 is 7.67 Å². The van der Waals surface area contributed by atoms with E-state index in [-0.39, 0.29) is 5.88 Å². The molecule has 174 valence electrons. The highest BCUT2D eigenvalue weighted by Crippen LogP contribution is 2.56. The molecule has 1 aromatic heterocycles. The van der Waals surface area contributed by atoms with Crippen LogP contribution in [-0.4, -0.2) is 66.9 Å². The van der Waals surface area contributed by atoms with Crippen molar-refractivity contribution in [3.05, 3.63) is 53.6 Å². The van der Waals surface area contributed by atoms with Gasteiger partial charge in [-0.25, -0.2) is 18.9 Å². The molecule has 2 saturated heterocycles. The van der Waals surface area contributed by atoms with Gasteiger partial charge >= 0.3 is 7.67 Å². The van der Waals surface area contributed by atoms with E-state index in [4.69, 9.17) is 31.3 Å². The van der Waals surface area contributed by atoms with Crippen molar-refractivity contribution in [3.63, 3.8) is 0 Å². The van der Waals surface area contributed by atoms with Crippen molar-refractivity contribution >= 4 is 35.9 Å². The van der Waals surface area contributed by atoms with Crippen LogP contribution in [0.3, 0.4) is 0 Å². The summed E-state index contributed by atoms with van der Waals surface area (Å²) in [7, 11) is -3.48. The molecular formula is C23H26ClN4O4P. The number of nitrogen functional groups attached to an aromatic ring is 1. The second-order valence-electron chi connectivity index (χ2n) is 7.95. The number of nitrogens with zero attached hydrogens (tertiary/aromatic N) is 3. The van der Waals surface area contributed by atoms with Crippen LogP contribution in [0.25, 0.3) is 22.0 Å². The molecule has 0 bridgehead atoms. The number of nitrogens with two attached hydrogens (primary N) is 1. The molecule has 2 aliphatic rings. The maximum atomic E-state index is 14.5. The van der Waals surface area contributed by atoms with E-state index in [2.05, 4.69) is 4.98 Å². The van der Waals surface area contributed by atoms with E-state index in [1.807, 2.05) is 51.8 Å². The molecule has 0 amide bonds. The first-order chi connectivity index (χ1) is 16.1. The fourth-order valence-corrected chi connectivity index (χ4v) is 6.70. The predicted octanol–water partition coefficient (Wildman–Crippen LogP) is 4.29. The number of pyridine rings is 1. The molecule has 3 heterocycles. The molecule has 0 aliphatic carbocycles. The lowest BCUT2D eigenvalue weighted by molar-refractivity contribution is 0.0445. The summed E-state index contributed by atoms with van der Waals surface area (Å²) < 4.78 is 35.5. The second-order valence-corrected chi connectivity index (χ2v) is 10.7. The van der Waals surface area contributed by atoms with Gasteiger partial charge in [0, 0.05) is 42.2 Å². The SMILES string of the molecule is Nc1c(OP(=O)(N2CCOCC2)N2CCOCC2)nc2ccc(Cl)cc2c1-c1ccccc1. The molecule has 33 heavy (non-hydrogen) atoms. The average molecular weight is 489 g/mol. The Balaban J connectivity index is 1.64. The summed E-state index contributed by atoms with van der Waals surface area (Å²) in [6.45, 7) is 3.98. The van der Waals surface area contributed by atoms with Crippen molar-refractivity contribution in [1.82, 2.24) is 14.3 Å². The molecule has 5 rings (SSSR count). The van der Waals surface area contributed by atoms with Crippen LogP contribution in [-0.2, 0) is 14.0 Å². The third-order valence-electron chi connectivity index (χ3n) is 5.91. The topological polar surface area (TPSA) is 90.2 Å². The summed E-state index contributed by atoms with van der Waals surface area (Å²) in [5.74, 6) is 0.157. The molecule has 2 aliphatic heterocycles. The van der Waals surface area contributed by atoms with Crippen LogP contribution in [0.4, 0.5) is 5.69 Å². The van der Waals surface area contributed by atoms with Crippen molar-refractivity contribution in [3.8, 4) is 17.0 Å². The lowest BCUT2D eigenvalue weighted by Gasteiger charge is -2.40. The number of halogens is 1. The van der Waals surface area contributed by atoms with Crippen LogP contribution in [0, 0.1) is 0 Å². The fraction of sp³-hybridized carbons (Fsp3) is 0.348. The lowest BCUT2D eigenvalue weighted by atomic mass is 9.99. The highest BCUT2D eigenvalue weighted by molar-refractivity contribution is 7.54. The largest absolute Gasteiger partial charge is 0.401 e. The Hall–Kier alpha value is -2.19. The number of fused-ring (bicyclic) bond motifs is 1. The van der Waals surface area contributed by atoms with Crippen molar-refractivity contribution in [2.75, 3.05) is 58.3 Å². The van der Waals surface area contributed by atoms with Crippen LogP contribution in [0.2, 0.25) is 5.02 Å². The summed E-state index contributed by atoms with van der Waals surface area (Å²) >= 11 is 6.30. The smallest absolute Gasteiger partial charge is 0.397 e. The van der Waals surface area contributed by atoms with Gasteiger partial charge in [0.1, 0.15) is 5.69 Å². The Morgan fingerprint density at radius 3 is 2.15 bits per heavy atom. The fourth-order valence-electron chi connectivity index (χ4n) is 4.23. The van der Waals surface area contributed by atoms with Gasteiger partial charge in [-0.05, 0) is 23.8 Å². The highest BCUT2D eigenvalue weighted by Gasteiger charge is 2.42. The second kappa shape index (κ2) is 9.58. The van der Waals surface area contributed by atoms with Crippen LogP contribution in [0.5, 0.6) is 5.88 Å². The molecule has 3 aromatic rings. The number of ether oxygens (including phenoxy) is 2. The van der Waals surface area contributed by atoms with Crippen LogP contribution in [0.1, 0.15) is 0 Å². The maximum Gasteiger partial charge on any atom is 0.397 e. The van der Waals surface area contributed by atoms with Gasteiger partial charge in [0.25, 0.3) is 0 Å². The van der Waals surface area contributed by atoms with E-state index in [0.29, 0.717) is 68.8 Å². The minimum atomic E-state index is -3.48. The lowest BCUT2D eigenvalue weighted by Crippen LogP contribution is -2.44. The van der Waals surface area contributed by atoms with Gasteiger partial charge in [-0.15, -0.1) is 0 Å². The first-order valence-electron chi connectivity index (χ1n) is 11.0. The molecule has 2 aromatic carbocycles. The monoisotopic (exact) mass is 488 g/mol. The molecular weight excluding hydrogens is 463 g/mol. The Bertz CT molecular complexity index is 1160.